The number of furan rings is 1. The smallest absolute Gasteiger partial charge is 0.177 e. The number of nitrogen functional groups attached to an aromatic ring is 1. The Morgan fingerprint density at radius 3 is 2.84 bits per heavy atom. The standard InChI is InChI=1S/C18H16FN5O/c19-13-5-2-1-4-12(13)11-24-15(16-6-3-9-25-16)10-14(23-24)18-21-8-7-17(20)22-18/h1-9,15H,10-11H2,(H2,20,21,22). The van der Waals surface area contributed by atoms with E-state index in [1.54, 1.807) is 35.7 Å². The summed E-state index contributed by atoms with van der Waals surface area (Å²) in [5.74, 6) is 1.37. The van der Waals surface area contributed by atoms with Crippen molar-refractivity contribution in [1.29, 1.82) is 0 Å². The molecule has 2 N–H and O–H groups in total. The number of halogens is 1. The van der Waals surface area contributed by atoms with Crippen molar-refractivity contribution in [3.8, 4) is 0 Å². The molecule has 7 heteroatoms. The van der Waals surface area contributed by atoms with Crippen LogP contribution >= 0.6 is 0 Å². The number of rotatable bonds is 4. The Hall–Kier alpha value is -3.22. The van der Waals surface area contributed by atoms with Crippen LogP contribution < -0.4 is 5.73 Å². The largest absolute Gasteiger partial charge is 0.467 e. The minimum atomic E-state index is -0.260. The normalized spacial score (nSPS) is 16.9. The van der Waals surface area contributed by atoms with Gasteiger partial charge in [-0.05, 0) is 24.3 Å². The Bertz CT molecular complexity index is 909. The Morgan fingerprint density at radius 1 is 1.20 bits per heavy atom. The van der Waals surface area contributed by atoms with Crippen LogP contribution in [0.3, 0.4) is 0 Å². The number of aromatic nitrogens is 2. The average Bonchev–Trinajstić information content (AvgIpc) is 3.26. The molecule has 0 aliphatic carbocycles. The molecule has 25 heavy (non-hydrogen) atoms. The topological polar surface area (TPSA) is 80.5 Å². The van der Waals surface area contributed by atoms with Gasteiger partial charge in [-0.2, -0.15) is 5.10 Å². The summed E-state index contributed by atoms with van der Waals surface area (Å²) in [6.45, 7) is 0.323. The predicted molar refractivity (Wildman–Crippen MR) is 91.0 cm³/mol. The Morgan fingerprint density at radius 2 is 2.08 bits per heavy atom. The molecule has 1 aliphatic heterocycles. The van der Waals surface area contributed by atoms with Crippen LogP contribution in [-0.4, -0.2) is 20.7 Å². The minimum absolute atomic E-state index is 0.144. The molecule has 3 heterocycles. The molecule has 126 valence electrons. The number of hydrogen-bond donors (Lipinski definition) is 1. The first-order valence-electron chi connectivity index (χ1n) is 7.90. The molecular weight excluding hydrogens is 321 g/mol. The molecule has 6 nitrogen and oxygen atoms in total. The van der Waals surface area contributed by atoms with E-state index in [1.807, 2.05) is 18.2 Å². The lowest BCUT2D eigenvalue weighted by Gasteiger charge is -2.22. The fourth-order valence-corrected chi connectivity index (χ4v) is 2.88. The Labute approximate surface area is 143 Å². The molecule has 0 bridgehead atoms. The van der Waals surface area contributed by atoms with Crippen molar-refractivity contribution in [3.05, 3.63) is 77.9 Å². The summed E-state index contributed by atoms with van der Waals surface area (Å²) >= 11 is 0. The van der Waals surface area contributed by atoms with Gasteiger partial charge >= 0.3 is 0 Å². The molecule has 0 saturated carbocycles. The predicted octanol–water partition coefficient (Wildman–Crippen LogP) is 3.14. The number of nitrogens with zero attached hydrogens (tertiary/aromatic N) is 4. The summed E-state index contributed by atoms with van der Waals surface area (Å²) in [4.78, 5) is 8.48. The summed E-state index contributed by atoms with van der Waals surface area (Å²) in [7, 11) is 0. The summed E-state index contributed by atoms with van der Waals surface area (Å²) in [6.07, 6.45) is 3.78. The van der Waals surface area contributed by atoms with E-state index in [4.69, 9.17) is 10.2 Å². The molecule has 2 aromatic heterocycles. The fourth-order valence-electron chi connectivity index (χ4n) is 2.88. The molecule has 1 aromatic carbocycles. The van der Waals surface area contributed by atoms with E-state index in [9.17, 15) is 4.39 Å². The van der Waals surface area contributed by atoms with Crippen LogP contribution in [0.15, 0.2) is 64.4 Å². The average molecular weight is 337 g/mol. The van der Waals surface area contributed by atoms with E-state index in [0.29, 0.717) is 35.9 Å². The SMILES string of the molecule is Nc1ccnc(C2=NN(Cc3ccccc3F)C(c3ccco3)C2)n1. The zero-order valence-electron chi connectivity index (χ0n) is 13.3. The number of hydrogen-bond acceptors (Lipinski definition) is 6. The van der Waals surface area contributed by atoms with E-state index in [-0.39, 0.29) is 11.9 Å². The van der Waals surface area contributed by atoms with Gasteiger partial charge < -0.3 is 10.2 Å². The van der Waals surface area contributed by atoms with Crippen molar-refractivity contribution in [2.24, 2.45) is 5.10 Å². The minimum Gasteiger partial charge on any atom is -0.467 e. The van der Waals surface area contributed by atoms with Crippen LogP contribution in [0.25, 0.3) is 0 Å². The first-order valence-corrected chi connectivity index (χ1v) is 7.90. The molecule has 1 unspecified atom stereocenters. The number of anilines is 1. The highest BCUT2D eigenvalue weighted by molar-refractivity contribution is 5.98. The summed E-state index contributed by atoms with van der Waals surface area (Å²) < 4.78 is 19.6. The summed E-state index contributed by atoms with van der Waals surface area (Å²) in [5.41, 5.74) is 7.01. The highest BCUT2D eigenvalue weighted by Crippen LogP contribution is 2.33. The Kier molecular flexibility index (Phi) is 3.89. The van der Waals surface area contributed by atoms with Gasteiger partial charge in [-0.1, -0.05) is 18.2 Å². The quantitative estimate of drug-likeness (QED) is 0.791. The van der Waals surface area contributed by atoms with Gasteiger partial charge in [0.15, 0.2) is 5.82 Å². The molecule has 0 radical (unpaired) electrons. The molecule has 1 atom stereocenters. The van der Waals surface area contributed by atoms with Gasteiger partial charge in [-0.3, -0.25) is 5.01 Å². The molecule has 0 fully saturated rings. The summed E-state index contributed by atoms with van der Waals surface area (Å²) in [5, 5.41) is 6.42. The lowest BCUT2D eigenvalue weighted by molar-refractivity contribution is 0.196. The molecular formula is C18H16FN5O. The second kappa shape index (κ2) is 6.35. The van der Waals surface area contributed by atoms with E-state index in [2.05, 4.69) is 15.1 Å². The Balaban J connectivity index is 1.68. The van der Waals surface area contributed by atoms with Crippen LogP contribution in [0.2, 0.25) is 0 Å². The molecule has 3 aromatic rings. The third kappa shape index (κ3) is 3.08. The first-order chi connectivity index (χ1) is 12.2. The van der Waals surface area contributed by atoms with Crippen molar-refractivity contribution in [2.75, 3.05) is 5.73 Å². The third-order valence-electron chi connectivity index (χ3n) is 4.09. The van der Waals surface area contributed by atoms with Gasteiger partial charge in [0.25, 0.3) is 0 Å². The third-order valence-corrected chi connectivity index (χ3v) is 4.09. The maximum absolute atomic E-state index is 14.0. The molecule has 1 aliphatic rings. The van der Waals surface area contributed by atoms with Gasteiger partial charge in [-0.15, -0.1) is 0 Å². The van der Waals surface area contributed by atoms with Crippen LogP contribution in [0, 0.1) is 5.82 Å². The van der Waals surface area contributed by atoms with E-state index < -0.39 is 0 Å². The second-order valence-corrected chi connectivity index (χ2v) is 5.78. The summed E-state index contributed by atoms with van der Waals surface area (Å²) in [6, 6.07) is 11.9. The van der Waals surface area contributed by atoms with Crippen molar-refractivity contribution >= 4 is 11.5 Å². The van der Waals surface area contributed by atoms with Gasteiger partial charge in [0.1, 0.15) is 29.1 Å². The second-order valence-electron chi connectivity index (χ2n) is 5.78. The number of hydrazone groups is 1. The van der Waals surface area contributed by atoms with Crippen LogP contribution in [0.1, 0.15) is 29.6 Å². The monoisotopic (exact) mass is 337 g/mol. The van der Waals surface area contributed by atoms with Crippen LogP contribution in [0.5, 0.6) is 0 Å². The van der Waals surface area contributed by atoms with Crippen molar-refractivity contribution < 1.29 is 8.81 Å². The zero-order valence-corrected chi connectivity index (χ0v) is 13.3. The van der Waals surface area contributed by atoms with Crippen molar-refractivity contribution in [2.45, 2.75) is 19.0 Å². The highest BCUT2D eigenvalue weighted by Gasteiger charge is 2.32. The molecule has 0 amide bonds. The van der Waals surface area contributed by atoms with Gasteiger partial charge in [-0.25, -0.2) is 14.4 Å². The van der Waals surface area contributed by atoms with Gasteiger partial charge in [0, 0.05) is 18.2 Å². The maximum Gasteiger partial charge on any atom is 0.177 e. The number of nitrogens with two attached hydrogens (primary N) is 1. The zero-order chi connectivity index (χ0) is 17.2. The van der Waals surface area contributed by atoms with Crippen molar-refractivity contribution in [1.82, 2.24) is 15.0 Å². The number of benzene rings is 1. The molecule has 0 spiro atoms. The molecule has 0 saturated heterocycles. The van der Waals surface area contributed by atoms with Gasteiger partial charge in [0.05, 0.1) is 12.8 Å². The van der Waals surface area contributed by atoms with E-state index in [0.717, 1.165) is 5.76 Å². The van der Waals surface area contributed by atoms with Gasteiger partial charge in [0.2, 0.25) is 0 Å². The first kappa shape index (κ1) is 15.3. The van der Waals surface area contributed by atoms with E-state index in [1.165, 1.54) is 6.07 Å². The molecule has 4 rings (SSSR count). The maximum atomic E-state index is 14.0. The fraction of sp³-hybridized carbons (Fsp3) is 0.167. The lowest BCUT2D eigenvalue weighted by Crippen LogP contribution is -2.19. The lowest BCUT2D eigenvalue weighted by atomic mass is 10.1. The highest BCUT2D eigenvalue weighted by atomic mass is 19.1. The van der Waals surface area contributed by atoms with E-state index >= 15 is 0 Å². The van der Waals surface area contributed by atoms with Crippen LogP contribution in [-0.2, 0) is 6.54 Å². The van der Waals surface area contributed by atoms with Crippen LogP contribution in [0.4, 0.5) is 10.2 Å². The van der Waals surface area contributed by atoms with Crippen molar-refractivity contribution in [3.63, 3.8) is 0 Å².